The standard InChI is InChI=1S/C25H19FN4O2/c26-20-12-7-13-21(14-20)30-23-22(28(17-27-23)15-18-8-3-1-4-9-18)24(31)29(25(30)32)16-19-10-5-2-6-11-19/h1-14,17H,15-16H2. The molecule has 0 atom stereocenters. The maximum atomic E-state index is 14.0. The fourth-order valence-corrected chi connectivity index (χ4v) is 3.83. The summed E-state index contributed by atoms with van der Waals surface area (Å²) in [5, 5.41) is 0. The number of aromatic nitrogens is 4. The third-order valence-electron chi connectivity index (χ3n) is 5.35. The van der Waals surface area contributed by atoms with Crippen LogP contribution in [0, 0.1) is 5.82 Å². The fourth-order valence-electron chi connectivity index (χ4n) is 3.83. The molecule has 7 heteroatoms. The van der Waals surface area contributed by atoms with Gasteiger partial charge in [-0.05, 0) is 29.3 Å². The minimum absolute atomic E-state index is 0.0975. The largest absolute Gasteiger partial charge is 0.337 e. The fraction of sp³-hybridized carbons (Fsp3) is 0.0800. The molecule has 0 aliphatic heterocycles. The first-order valence-electron chi connectivity index (χ1n) is 10.2. The molecule has 0 saturated heterocycles. The highest BCUT2D eigenvalue weighted by Crippen LogP contribution is 2.16. The second-order valence-electron chi connectivity index (χ2n) is 7.51. The van der Waals surface area contributed by atoms with Gasteiger partial charge in [-0.1, -0.05) is 66.7 Å². The number of hydrogen-bond donors (Lipinski definition) is 0. The molecule has 0 aliphatic rings. The highest BCUT2D eigenvalue weighted by molar-refractivity contribution is 5.72. The summed E-state index contributed by atoms with van der Waals surface area (Å²) >= 11 is 0. The molecule has 6 nitrogen and oxygen atoms in total. The summed E-state index contributed by atoms with van der Waals surface area (Å²) in [7, 11) is 0. The van der Waals surface area contributed by atoms with Gasteiger partial charge in [-0.2, -0.15) is 0 Å². The maximum Gasteiger partial charge on any atom is 0.337 e. The van der Waals surface area contributed by atoms with Gasteiger partial charge in [-0.15, -0.1) is 0 Å². The lowest BCUT2D eigenvalue weighted by atomic mass is 10.2. The van der Waals surface area contributed by atoms with Crippen molar-refractivity contribution in [3.05, 3.63) is 129 Å². The molecule has 5 aromatic rings. The Hall–Kier alpha value is -4.26. The summed E-state index contributed by atoms with van der Waals surface area (Å²) in [6.07, 6.45) is 1.54. The first-order chi connectivity index (χ1) is 15.6. The third kappa shape index (κ3) is 3.54. The summed E-state index contributed by atoms with van der Waals surface area (Å²) in [4.78, 5) is 31.3. The van der Waals surface area contributed by atoms with E-state index in [0.29, 0.717) is 12.2 Å². The molecule has 0 aliphatic carbocycles. The summed E-state index contributed by atoms with van der Waals surface area (Å²) in [6, 6.07) is 24.7. The van der Waals surface area contributed by atoms with Gasteiger partial charge in [-0.25, -0.2) is 18.7 Å². The molecule has 0 saturated carbocycles. The van der Waals surface area contributed by atoms with Crippen molar-refractivity contribution >= 4 is 11.2 Å². The molecule has 0 radical (unpaired) electrons. The van der Waals surface area contributed by atoms with E-state index in [1.807, 2.05) is 60.7 Å². The summed E-state index contributed by atoms with van der Waals surface area (Å²) in [5.74, 6) is -0.480. The number of benzene rings is 3. The van der Waals surface area contributed by atoms with Gasteiger partial charge >= 0.3 is 5.69 Å². The van der Waals surface area contributed by atoms with Crippen molar-refractivity contribution in [2.24, 2.45) is 0 Å². The van der Waals surface area contributed by atoms with E-state index in [9.17, 15) is 14.0 Å². The van der Waals surface area contributed by atoms with Crippen LogP contribution in [0.2, 0.25) is 0 Å². The molecular formula is C25H19FN4O2. The topological polar surface area (TPSA) is 61.8 Å². The van der Waals surface area contributed by atoms with Crippen LogP contribution in [0.5, 0.6) is 0 Å². The SMILES string of the molecule is O=c1c2c(ncn2Cc2ccccc2)n(-c2cccc(F)c2)c(=O)n1Cc1ccccc1. The molecule has 32 heavy (non-hydrogen) atoms. The molecule has 158 valence electrons. The van der Waals surface area contributed by atoms with Crippen LogP contribution in [-0.2, 0) is 13.1 Å². The van der Waals surface area contributed by atoms with Gasteiger partial charge in [-0.3, -0.25) is 9.36 Å². The van der Waals surface area contributed by atoms with Crippen LogP contribution >= 0.6 is 0 Å². The number of nitrogens with zero attached hydrogens (tertiary/aromatic N) is 4. The Kier molecular flexibility index (Phi) is 4.99. The Balaban J connectivity index is 1.78. The molecule has 0 bridgehead atoms. The van der Waals surface area contributed by atoms with E-state index >= 15 is 0 Å². The molecule has 2 heterocycles. The number of imidazole rings is 1. The average molecular weight is 426 g/mol. The number of hydrogen-bond acceptors (Lipinski definition) is 3. The Morgan fingerprint density at radius 3 is 2.09 bits per heavy atom. The normalized spacial score (nSPS) is 11.2. The second kappa shape index (κ2) is 8.11. The number of halogens is 1. The van der Waals surface area contributed by atoms with Crippen molar-refractivity contribution in [2.75, 3.05) is 0 Å². The lowest BCUT2D eigenvalue weighted by molar-refractivity contribution is 0.624. The summed E-state index contributed by atoms with van der Waals surface area (Å²) in [6.45, 7) is 0.513. The molecule has 0 unspecified atom stereocenters. The maximum absolute atomic E-state index is 14.0. The van der Waals surface area contributed by atoms with Crippen molar-refractivity contribution in [3.63, 3.8) is 0 Å². The Morgan fingerprint density at radius 2 is 1.44 bits per heavy atom. The molecule has 2 aromatic heterocycles. The number of fused-ring (bicyclic) bond motifs is 1. The molecule has 0 spiro atoms. The van der Waals surface area contributed by atoms with Crippen LogP contribution in [0.25, 0.3) is 16.9 Å². The van der Waals surface area contributed by atoms with E-state index in [2.05, 4.69) is 4.98 Å². The Bertz CT molecular complexity index is 1520. The lowest BCUT2D eigenvalue weighted by Crippen LogP contribution is -2.40. The average Bonchev–Trinajstić information content (AvgIpc) is 3.21. The first kappa shape index (κ1) is 19.7. The molecule has 0 amide bonds. The zero-order valence-electron chi connectivity index (χ0n) is 17.1. The van der Waals surface area contributed by atoms with Crippen LogP contribution in [0.3, 0.4) is 0 Å². The quantitative estimate of drug-likeness (QED) is 0.432. The van der Waals surface area contributed by atoms with E-state index in [0.717, 1.165) is 11.1 Å². The van der Waals surface area contributed by atoms with Gasteiger partial charge < -0.3 is 4.57 Å². The minimum atomic E-state index is -0.568. The van der Waals surface area contributed by atoms with Gasteiger partial charge in [0.2, 0.25) is 0 Å². The molecule has 0 fully saturated rings. The molecular weight excluding hydrogens is 407 g/mol. The van der Waals surface area contributed by atoms with Crippen molar-refractivity contribution in [3.8, 4) is 5.69 Å². The highest BCUT2D eigenvalue weighted by Gasteiger charge is 2.20. The van der Waals surface area contributed by atoms with E-state index in [4.69, 9.17) is 0 Å². The van der Waals surface area contributed by atoms with E-state index in [-0.39, 0.29) is 17.7 Å². The van der Waals surface area contributed by atoms with Crippen LogP contribution in [-0.4, -0.2) is 18.7 Å². The zero-order chi connectivity index (χ0) is 22.1. The predicted molar refractivity (Wildman–Crippen MR) is 121 cm³/mol. The van der Waals surface area contributed by atoms with Crippen LogP contribution in [0.4, 0.5) is 4.39 Å². The minimum Gasteiger partial charge on any atom is -0.320 e. The van der Waals surface area contributed by atoms with Gasteiger partial charge in [0.1, 0.15) is 5.82 Å². The first-order valence-corrected chi connectivity index (χ1v) is 10.2. The highest BCUT2D eigenvalue weighted by atomic mass is 19.1. The molecule has 5 rings (SSSR count). The third-order valence-corrected chi connectivity index (χ3v) is 5.35. The summed E-state index contributed by atoms with van der Waals surface area (Å²) < 4.78 is 18.2. The molecule has 3 aromatic carbocycles. The van der Waals surface area contributed by atoms with Crippen LogP contribution in [0.1, 0.15) is 11.1 Å². The predicted octanol–water partition coefficient (Wildman–Crippen LogP) is 3.58. The summed E-state index contributed by atoms with van der Waals surface area (Å²) in [5.41, 5.74) is 1.60. The van der Waals surface area contributed by atoms with E-state index in [1.165, 1.54) is 27.3 Å². The number of rotatable bonds is 5. The van der Waals surface area contributed by atoms with E-state index in [1.54, 1.807) is 17.0 Å². The van der Waals surface area contributed by atoms with E-state index < -0.39 is 17.1 Å². The van der Waals surface area contributed by atoms with Gasteiger partial charge in [0.25, 0.3) is 5.56 Å². The van der Waals surface area contributed by atoms with Crippen molar-refractivity contribution in [1.82, 2.24) is 18.7 Å². The van der Waals surface area contributed by atoms with Crippen LogP contribution in [0.15, 0.2) is 101 Å². The van der Waals surface area contributed by atoms with Crippen LogP contribution < -0.4 is 11.2 Å². The lowest BCUT2D eigenvalue weighted by Gasteiger charge is -2.13. The smallest absolute Gasteiger partial charge is 0.320 e. The molecule has 0 N–H and O–H groups in total. The Labute approximate surface area is 182 Å². The van der Waals surface area contributed by atoms with Gasteiger partial charge in [0.05, 0.1) is 18.6 Å². The monoisotopic (exact) mass is 426 g/mol. The van der Waals surface area contributed by atoms with Crippen molar-refractivity contribution in [2.45, 2.75) is 13.1 Å². The Morgan fingerprint density at radius 1 is 0.781 bits per heavy atom. The second-order valence-corrected chi connectivity index (χ2v) is 7.51. The van der Waals surface area contributed by atoms with Crippen molar-refractivity contribution in [1.29, 1.82) is 0 Å². The van der Waals surface area contributed by atoms with Crippen molar-refractivity contribution < 1.29 is 4.39 Å². The zero-order valence-corrected chi connectivity index (χ0v) is 17.1. The van der Waals surface area contributed by atoms with Gasteiger partial charge in [0.15, 0.2) is 11.2 Å². The van der Waals surface area contributed by atoms with Gasteiger partial charge in [0, 0.05) is 6.54 Å².